The first-order chi connectivity index (χ1) is 13.7. The minimum atomic E-state index is 0.391. The molecule has 0 spiro atoms. The lowest BCUT2D eigenvalue weighted by Gasteiger charge is -2.30. The Morgan fingerprint density at radius 3 is 2.36 bits per heavy atom. The van der Waals surface area contributed by atoms with Crippen LogP contribution < -0.4 is 5.32 Å². The molecule has 0 aliphatic heterocycles. The Kier molecular flexibility index (Phi) is 12.8. The Labute approximate surface area is 172 Å². The molecular formula is C26H39NO. The van der Waals surface area contributed by atoms with Gasteiger partial charge in [-0.25, -0.2) is 0 Å². The van der Waals surface area contributed by atoms with Gasteiger partial charge in [-0.2, -0.15) is 0 Å². The molecule has 0 radical (unpaired) electrons. The van der Waals surface area contributed by atoms with Crippen LogP contribution in [0, 0.1) is 5.92 Å². The standard InChI is InChI=1S/C15H20O.C9H13N.C2H6/c1-2-6-12-7-3-4-10-15(12)13-8-5-9-14(16)11-13;1-10-8-7-9-5-3-2-4-6-9;1-2/h2,5-6,8-9,11-12,15-16H,3-4,7,10H2,1H3;2-6,10H,7-8H2,1H3;1-2H3/b6-2-;;. The number of rotatable bonds is 5. The van der Waals surface area contributed by atoms with Gasteiger partial charge in [0.1, 0.15) is 5.75 Å². The Morgan fingerprint density at radius 2 is 1.71 bits per heavy atom. The summed E-state index contributed by atoms with van der Waals surface area (Å²) < 4.78 is 0. The van der Waals surface area contributed by atoms with Crippen molar-refractivity contribution in [2.75, 3.05) is 13.6 Å². The number of phenols is 1. The highest BCUT2D eigenvalue weighted by Crippen LogP contribution is 2.39. The molecule has 2 nitrogen and oxygen atoms in total. The van der Waals surface area contributed by atoms with Crippen molar-refractivity contribution in [2.24, 2.45) is 5.92 Å². The molecule has 3 rings (SSSR count). The van der Waals surface area contributed by atoms with Gasteiger partial charge in [-0.3, -0.25) is 0 Å². The van der Waals surface area contributed by atoms with Crippen LogP contribution in [0.2, 0.25) is 0 Å². The van der Waals surface area contributed by atoms with E-state index in [2.05, 4.69) is 54.7 Å². The second-order valence-corrected chi connectivity index (χ2v) is 7.01. The summed E-state index contributed by atoms with van der Waals surface area (Å²) in [6.45, 7) is 7.15. The van der Waals surface area contributed by atoms with Crippen LogP contribution >= 0.6 is 0 Å². The SMILES string of the molecule is C/C=C\C1CCCCC1c1cccc(O)c1.CC.CNCCc1ccccc1. The summed E-state index contributed by atoms with van der Waals surface area (Å²) in [5.74, 6) is 1.64. The summed E-state index contributed by atoms with van der Waals surface area (Å²) in [6, 6.07) is 18.3. The molecule has 154 valence electrons. The van der Waals surface area contributed by atoms with Crippen LogP contribution in [0.15, 0.2) is 66.7 Å². The fourth-order valence-corrected chi connectivity index (χ4v) is 3.72. The van der Waals surface area contributed by atoms with E-state index in [-0.39, 0.29) is 0 Å². The van der Waals surface area contributed by atoms with E-state index in [0.717, 1.165) is 13.0 Å². The molecule has 0 amide bonds. The molecule has 0 bridgehead atoms. The van der Waals surface area contributed by atoms with Gasteiger partial charge in [0.15, 0.2) is 0 Å². The summed E-state index contributed by atoms with van der Waals surface area (Å²) in [5, 5.41) is 12.7. The topological polar surface area (TPSA) is 32.3 Å². The van der Waals surface area contributed by atoms with Crippen LogP contribution in [0.4, 0.5) is 0 Å². The number of hydrogen-bond acceptors (Lipinski definition) is 2. The van der Waals surface area contributed by atoms with E-state index in [9.17, 15) is 5.11 Å². The molecule has 0 heterocycles. The average molecular weight is 382 g/mol. The molecular weight excluding hydrogens is 342 g/mol. The summed E-state index contributed by atoms with van der Waals surface area (Å²) >= 11 is 0. The lowest BCUT2D eigenvalue weighted by molar-refractivity contribution is 0.360. The highest BCUT2D eigenvalue weighted by molar-refractivity contribution is 5.31. The van der Waals surface area contributed by atoms with Crippen molar-refractivity contribution >= 4 is 0 Å². The number of hydrogen-bond donors (Lipinski definition) is 2. The van der Waals surface area contributed by atoms with Gasteiger partial charge in [-0.1, -0.05) is 81.3 Å². The number of nitrogens with one attached hydrogen (secondary N) is 1. The first kappa shape index (κ1) is 24.0. The monoisotopic (exact) mass is 381 g/mol. The van der Waals surface area contributed by atoms with Gasteiger partial charge < -0.3 is 10.4 Å². The van der Waals surface area contributed by atoms with E-state index < -0.39 is 0 Å². The maximum Gasteiger partial charge on any atom is 0.115 e. The predicted molar refractivity (Wildman–Crippen MR) is 123 cm³/mol. The first-order valence-corrected chi connectivity index (χ1v) is 10.8. The van der Waals surface area contributed by atoms with Gasteiger partial charge in [0.05, 0.1) is 0 Å². The fraction of sp³-hybridized carbons (Fsp3) is 0.462. The van der Waals surface area contributed by atoms with Gasteiger partial charge in [0, 0.05) is 0 Å². The largest absolute Gasteiger partial charge is 0.508 e. The molecule has 1 saturated carbocycles. The molecule has 28 heavy (non-hydrogen) atoms. The third-order valence-corrected chi connectivity index (χ3v) is 5.06. The van der Waals surface area contributed by atoms with Gasteiger partial charge in [0.25, 0.3) is 0 Å². The second kappa shape index (κ2) is 14.9. The number of aromatic hydroxyl groups is 1. The van der Waals surface area contributed by atoms with Crippen molar-refractivity contribution < 1.29 is 5.11 Å². The van der Waals surface area contributed by atoms with Gasteiger partial charge in [-0.15, -0.1) is 0 Å². The molecule has 2 atom stereocenters. The molecule has 1 aliphatic rings. The van der Waals surface area contributed by atoms with E-state index in [1.165, 1.54) is 36.8 Å². The zero-order valence-electron chi connectivity index (χ0n) is 18.2. The first-order valence-electron chi connectivity index (χ1n) is 10.8. The van der Waals surface area contributed by atoms with Crippen LogP contribution in [-0.2, 0) is 6.42 Å². The van der Waals surface area contributed by atoms with E-state index in [0.29, 0.717) is 17.6 Å². The summed E-state index contributed by atoms with van der Waals surface area (Å²) in [6.07, 6.45) is 10.8. The molecule has 2 N–H and O–H groups in total. The van der Waals surface area contributed by atoms with Crippen LogP contribution in [0.3, 0.4) is 0 Å². The minimum absolute atomic E-state index is 0.391. The molecule has 1 fully saturated rings. The second-order valence-electron chi connectivity index (χ2n) is 7.01. The van der Waals surface area contributed by atoms with Crippen molar-refractivity contribution in [3.05, 3.63) is 77.9 Å². The van der Waals surface area contributed by atoms with E-state index in [1.54, 1.807) is 6.07 Å². The van der Waals surface area contributed by atoms with Gasteiger partial charge >= 0.3 is 0 Å². The maximum atomic E-state index is 9.54. The van der Waals surface area contributed by atoms with Crippen LogP contribution in [0.1, 0.15) is 63.5 Å². The lowest BCUT2D eigenvalue weighted by atomic mass is 9.75. The normalized spacial score (nSPS) is 18.6. The third-order valence-electron chi connectivity index (χ3n) is 5.06. The van der Waals surface area contributed by atoms with Gasteiger partial charge in [-0.05, 0) is 74.9 Å². The van der Waals surface area contributed by atoms with Crippen molar-refractivity contribution in [2.45, 2.75) is 58.8 Å². The van der Waals surface area contributed by atoms with Crippen molar-refractivity contribution in [1.82, 2.24) is 5.32 Å². The Balaban J connectivity index is 0.000000281. The van der Waals surface area contributed by atoms with E-state index in [4.69, 9.17) is 0 Å². The molecule has 2 heteroatoms. The highest BCUT2D eigenvalue weighted by Gasteiger charge is 2.24. The zero-order valence-corrected chi connectivity index (χ0v) is 18.2. The molecule has 2 aromatic rings. The third kappa shape index (κ3) is 8.75. The molecule has 0 saturated heterocycles. The number of benzene rings is 2. The van der Waals surface area contributed by atoms with E-state index in [1.807, 2.05) is 39.1 Å². The summed E-state index contributed by atoms with van der Waals surface area (Å²) in [7, 11) is 1.98. The molecule has 0 aromatic heterocycles. The van der Waals surface area contributed by atoms with Crippen molar-refractivity contribution in [3.8, 4) is 5.75 Å². The Morgan fingerprint density at radius 1 is 1.00 bits per heavy atom. The maximum absolute atomic E-state index is 9.54. The summed E-state index contributed by atoms with van der Waals surface area (Å²) in [4.78, 5) is 0. The quantitative estimate of drug-likeness (QED) is 0.564. The van der Waals surface area contributed by atoms with Gasteiger partial charge in [0.2, 0.25) is 0 Å². The highest BCUT2D eigenvalue weighted by atomic mass is 16.3. The number of phenolic OH excluding ortho intramolecular Hbond substituents is 1. The van der Waals surface area contributed by atoms with Crippen molar-refractivity contribution in [1.29, 1.82) is 0 Å². The van der Waals surface area contributed by atoms with E-state index >= 15 is 0 Å². The van der Waals surface area contributed by atoms with Crippen LogP contribution in [0.25, 0.3) is 0 Å². The molecule has 1 aliphatic carbocycles. The average Bonchev–Trinajstić information content (AvgIpc) is 2.75. The Hall–Kier alpha value is -2.06. The number of allylic oxidation sites excluding steroid dienone is 2. The van der Waals surface area contributed by atoms with Crippen LogP contribution in [0.5, 0.6) is 5.75 Å². The molecule has 2 unspecified atom stereocenters. The number of likely N-dealkylation sites (N-methyl/N-ethyl adjacent to an activating group) is 1. The predicted octanol–water partition coefficient (Wildman–Crippen LogP) is 6.72. The smallest absolute Gasteiger partial charge is 0.115 e. The lowest BCUT2D eigenvalue weighted by Crippen LogP contribution is -2.15. The molecule has 2 aromatic carbocycles. The minimum Gasteiger partial charge on any atom is -0.508 e. The van der Waals surface area contributed by atoms with Crippen molar-refractivity contribution in [3.63, 3.8) is 0 Å². The van der Waals surface area contributed by atoms with Crippen LogP contribution in [-0.4, -0.2) is 18.7 Å². The Bertz CT molecular complexity index is 650. The fourth-order valence-electron chi connectivity index (χ4n) is 3.72. The zero-order chi connectivity index (χ0) is 20.6. The summed E-state index contributed by atoms with van der Waals surface area (Å²) in [5.41, 5.74) is 2.69.